The van der Waals surface area contributed by atoms with Gasteiger partial charge >= 0.3 is 0 Å². The summed E-state index contributed by atoms with van der Waals surface area (Å²) in [7, 11) is 0. The number of rotatable bonds is 4. The third-order valence-electron chi connectivity index (χ3n) is 2.75. The number of aryl methyl sites for hydroxylation is 1. The number of halogens is 1. The van der Waals surface area contributed by atoms with Crippen molar-refractivity contribution in [3.05, 3.63) is 34.3 Å². The molecule has 0 aliphatic rings. The number of hydrogen-bond acceptors (Lipinski definition) is 2. The molecular formula is C13H18ClNO2. The Balaban J connectivity index is 2.82. The number of carbonyl (C=O) groups excluding carboxylic acids is 1. The second-order valence-corrected chi connectivity index (χ2v) is 4.90. The van der Waals surface area contributed by atoms with E-state index >= 15 is 0 Å². The van der Waals surface area contributed by atoms with E-state index in [4.69, 9.17) is 16.7 Å². The summed E-state index contributed by atoms with van der Waals surface area (Å²) in [6, 6.07) is 4.91. The number of aliphatic hydroxyl groups excluding tert-OH is 1. The van der Waals surface area contributed by atoms with Gasteiger partial charge in [0.25, 0.3) is 5.91 Å². The molecular weight excluding hydrogens is 238 g/mol. The molecule has 0 heterocycles. The van der Waals surface area contributed by atoms with Crippen molar-refractivity contribution in [1.29, 1.82) is 0 Å². The molecule has 0 unspecified atom stereocenters. The van der Waals surface area contributed by atoms with E-state index in [1.807, 2.05) is 20.8 Å². The minimum Gasteiger partial charge on any atom is -0.394 e. The van der Waals surface area contributed by atoms with Crippen LogP contribution in [0.1, 0.15) is 29.8 Å². The Morgan fingerprint density at radius 1 is 1.47 bits per heavy atom. The maximum absolute atomic E-state index is 12.0. The highest BCUT2D eigenvalue weighted by atomic mass is 35.5. The highest BCUT2D eigenvalue weighted by molar-refractivity contribution is 6.30. The van der Waals surface area contributed by atoms with Crippen LogP contribution in [0.25, 0.3) is 0 Å². The van der Waals surface area contributed by atoms with Gasteiger partial charge in [0.1, 0.15) is 0 Å². The zero-order valence-corrected chi connectivity index (χ0v) is 11.1. The molecule has 1 aromatic rings. The van der Waals surface area contributed by atoms with E-state index in [0.29, 0.717) is 10.6 Å². The van der Waals surface area contributed by atoms with Crippen LogP contribution in [0.4, 0.5) is 0 Å². The molecule has 1 rings (SSSR count). The van der Waals surface area contributed by atoms with E-state index in [-0.39, 0.29) is 24.5 Å². The van der Waals surface area contributed by atoms with Crippen LogP contribution < -0.4 is 5.32 Å². The van der Waals surface area contributed by atoms with Gasteiger partial charge in [-0.25, -0.2) is 0 Å². The lowest BCUT2D eigenvalue weighted by atomic mass is 10.0. The lowest BCUT2D eigenvalue weighted by Crippen LogP contribution is -2.41. The predicted octanol–water partition coefficient (Wildman–Crippen LogP) is 2.40. The Morgan fingerprint density at radius 2 is 2.12 bits per heavy atom. The number of hydrogen-bond donors (Lipinski definition) is 2. The van der Waals surface area contributed by atoms with Gasteiger partial charge in [-0.05, 0) is 36.6 Å². The fourth-order valence-electron chi connectivity index (χ4n) is 1.55. The van der Waals surface area contributed by atoms with Gasteiger partial charge in [0, 0.05) is 10.6 Å². The van der Waals surface area contributed by atoms with Crippen molar-refractivity contribution >= 4 is 17.5 Å². The minimum absolute atomic E-state index is 0.0595. The molecule has 4 heteroatoms. The van der Waals surface area contributed by atoms with Crippen molar-refractivity contribution in [3.8, 4) is 0 Å². The molecule has 3 nitrogen and oxygen atoms in total. The third kappa shape index (κ3) is 3.72. The van der Waals surface area contributed by atoms with E-state index in [1.54, 1.807) is 18.2 Å². The molecule has 0 radical (unpaired) electrons. The van der Waals surface area contributed by atoms with Crippen molar-refractivity contribution in [2.24, 2.45) is 5.92 Å². The smallest absolute Gasteiger partial charge is 0.251 e. The van der Waals surface area contributed by atoms with Gasteiger partial charge in [-0.1, -0.05) is 25.4 Å². The summed E-state index contributed by atoms with van der Waals surface area (Å²) >= 11 is 5.83. The molecule has 17 heavy (non-hydrogen) atoms. The van der Waals surface area contributed by atoms with Crippen LogP contribution in [0.15, 0.2) is 18.2 Å². The largest absolute Gasteiger partial charge is 0.394 e. The third-order valence-corrected chi connectivity index (χ3v) is 2.99. The summed E-state index contributed by atoms with van der Waals surface area (Å²) in [6.45, 7) is 5.69. The first-order valence-corrected chi connectivity index (χ1v) is 6.01. The SMILES string of the molecule is Cc1cc(Cl)ccc1C(=O)N[C@H](CO)C(C)C. The summed E-state index contributed by atoms with van der Waals surface area (Å²) in [4.78, 5) is 12.0. The minimum atomic E-state index is -0.224. The van der Waals surface area contributed by atoms with Crippen molar-refractivity contribution in [1.82, 2.24) is 5.32 Å². The second-order valence-electron chi connectivity index (χ2n) is 4.47. The fourth-order valence-corrected chi connectivity index (χ4v) is 1.78. The number of benzene rings is 1. The Labute approximate surface area is 107 Å². The summed E-state index contributed by atoms with van der Waals surface area (Å²) < 4.78 is 0. The van der Waals surface area contributed by atoms with Gasteiger partial charge in [-0.2, -0.15) is 0 Å². The van der Waals surface area contributed by atoms with Crippen LogP contribution in [0.2, 0.25) is 5.02 Å². The zero-order valence-electron chi connectivity index (χ0n) is 10.3. The molecule has 1 amide bonds. The molecule has 0 aromatic heterocycles. The van der Waals surface area contributed by atoms with E-state index in [0.717, 1.165) is 5.56 Å². The lowest BCUT2D eigenvalue weighted by Gasteiger charge is -2.20. The zero-order chi connectivity index (χ0) is 13.0. The average molecular weight is 256 g/mol. The number of carbonyl (C=O) groups is 1. The first-order valence-electron chi connectivity index (χ1n) is 5.63. The molecule has 2 N–H and O–H groups in total. The number of nitrogens with one attached hydrogen (secondary N) is 1. The molecule has 94 valence electrons. The summed E-state index contributed by atoms with van der Waals surface area (Å²) in [5.74, 6) is 0.0171. The maximum atomic E-state index is 12.0. The molecule has 1 aromatic carbocycles. The summed E-state index contributed by atoms with van der Waals surface area (Å²) in [5.41, 5.74) is 1.42. The van der Waals surface area contributed by atoms with Crippen molar-refractivity contribution in [2.75, 3.05) is 6.61 Å². The van der Waals surface area contributed by atoms with Gasteiger partial charge in [-0.3, -0.25) is 4.79 Å². The Kier molecular flexibility index (Phi) is 4.97. The predicted molar refractivity (Wildman–Crippen MR) is 69.4 cm³/mol. The van der Waals surface area contributed by atoms with Crippen LogP contribution in [-0.4, -0.2) is 23.7 Å². The van der Waals surface area contributed by atoms with E-state index < -0.39 is 0 Å². The Bertz CT molecular complexity index is 404. The summed E-state index contributed by atoms with van der Waals surface area (Å²) in [6.07, 6.45) is 0. The maximum Gasteiger partial charge on any atom is 0.251 e. The van der Waals surface area contributed by atoms with Crippen molar-refractivity contribution in [2.45, 2.75) is 26.8 Å². The van der Waals surface area contributed by atoms with Gasteiger partial charge in [0.05, 0.1) is 12.6 Å². The molecule has 0 bridgehead atoms. The monoisotopic (exact) mass is 255 g/mol. The van der Waals surface area contributed by atoms with Crippen LogP contribution >= 0.6 is 11.6 Å². The van der Waals surface area contributed by atoms with E-state index in [2.05, 4.69) is 5.32 Å². The van der Waals surface area contributed by atoms with Gasteiger partial charge in [0.15, 0.2) is 0 Å². The Hall–Kier alpha value is -1.06. The van der Waals surface area contributed by atoms with Crippen LogP contribution in [0.5, 0.6) is 0 Å². The normalized spacial score (nSPS) is 12.6. The summed E-state index contributed by atoms with van der Waals surface area (Å²) in [5, 5.41) is 12.6. The molecule has 0 fully saturated rings. The highest BCUT2D eigenvalue weighted by Gasteiger charge is 2.17. The highest BCUT2D eigenvalue weighted by Crippen LogP contribution is 2.15. The lowest BCUT2D eigenvalue weighted by molar-refractivity contribution is 0.0896. The van der Waals surface area contributed by atoms with Gasteiger partial charge in [-0.15, -0.1) is 0 Å². The van der Waals surface area contributed by atoms with Crippen LogP contribution in [0.3, 0.4) is 0 Å². The number of aliphatic hydroxyl groups is 1. The molecule has 0 aliphatic heterocycles. The standard InChI is InChI=1S/C13H18ClNO2/c1-8(2)12(7-16)15-13(17)11-5-4-10(14)6-9(11)3/h4-6,8,12,16H,7H2,1-3H3,(H,15,17)/t12-/m1/s1. The average Bonchev–Trinajstić information content (AvgIpc) is 2.24. The molecule has 0 saturated heterocycles. The molecule has 0 aliphatic carbocycles. The first-order chi connectivity index (χ1) is 7.95. The molecule has 0 saturated carbocycles. The molecule has 0 spiro atoms. The molecule has 1 atom stereocenters. The first kappa shape index (κ1) is 14.0. The van der Waals surface area contributed by atoms with Crippen LogP contribution in [-0.2, 0) is 0 Å². The van der Waals surface area contributed by atoms with E-state index in [9.17, 15) is 4.79 Å². The van der Waals surface area contributed by atoms with Crippen molar-refractivity contribution < 1.29 is 9.90 Å². The Morgan fingerprint density at radius 3 is 2.59 bits per heavy atom. The topological polar surface area (TPSA) is 49.3 Å². The van der Waals surface area contributed by atoms with Crippen molar-refractivity contribution in [3.63, 3.8) is 0 Å². The fraction of sp³-hybridized carbons (Fsp3) is 0.462. The van der Waals surface area contributed by atoms with E-state index in [1.165, 1.54) is 0 Å². The second kappa shape index (κ2) is 6.03. The quantitative estimate of drug-likeness (QED) is 0.868. The van der Waals surface area contributed by atoms with Gasteiger partial charge < -0.3 is 10.4 Å². The number of amides is 1. The van der Waals surface area contributed by atoms with Gasteiger partial charge in [0.2, 0.25) is 0 Å². The van der Waals surface area contributed by atoms with Crippen LogP contribution in [0, 0.1) is 12.8 Å².